The highest BCUT2D eigenvalue weighted by atomic mass is 32.1. The van der Waals surface area contributed by atoms with E-state index < -0.39 is 0 Å². The fraction of sp³-hybridized carbons (Fsp3) is 0.588. The average molecular weight is 318 g/mol. The molecule has 2 saturated carbocycles. The molecule has 2 aliphatic carbocycles. The van der Waals surface area contributed by atoms with E-state index in [1.807, 2.05) is 24.3 Å². The van der Waals surface area contributed by atoms with Crippen molar-refractivity contribution in [2.45, 2.75) is 37.8 Å². The van der Waals surface area contributed by atoms with E-state index in [1.165, 1.54) is 25.7 Å². The molecule has 3 aliphatic rings. The second kappa shape index (κ2) is 5.95. The van der Waals surface area contributed by atoms with Crippen LogP contribution in [-0.4, -0.2) is 30.4 Å². The van der Waals surface area contributed by atoms with Gasteiger partial charge in [-0.15, -0.1) is 0 Å². The first-order valence-electron chi connectivity index (χ1n) is 8.21. The Hall–Kier alpha value is -1.49. The van der Waals surface area contributed by atoms with E-state index in [0.717, 1.165) is 28.4 Å². The van der Waals surface area contributed by atoms with E-state index in [1.54, 1.807) is 0 Å². The van der Waals surface area contributed by atoms with Gasteiger partial charge in [-0.05, 0) is 55.4 Å². The molecule has 4 atom stereocenters. The summed E-state index contributed by atoms with van der Waals surface area (Å²) in [7, 11) is 0. The molecule has 1 aromatic carbocycles. The third kappa shape index (κ3) is 2.86. The van der Waals surface area contributed by atoms with Crippen molar-refractivity contribution in [2.75, 3.05) is 13.2 Å². The number of para-hydroxylation sites is 2. The van der Waals surface area contributed by atoms with Gasteiger partial charge < -0.3 is 20.1 Å². The number of fused-ring (bicyclic) bond motifs is 3. The van der Waals surface area contributed by atoms with Crippen molar-refractivity contribution in [3.05, 3.63) is 24.3 Å². The maximum atomic E-state index is 5.93. The Kier molecular flexibility index (Phi) is 3.82. The van der Waals surface area contributed by atoms with Crippen LogP contribution in [0.2, 0.25) is 0 Å². The molecule has 2 fully saturated rings. The molecule has 2 bridgehead atoms. The number of hydrogen-bond donors (Lipinski definition) is 2. The minimum Gasteiger partial charge on any atom is -0.486 e. The number of benzene rings is 1. The molecule has 1 aromatic rings. The highest BCUT2D eigenvalue weighted by molar-refractivity contribution is 7.80. The van der Waals surface area contributed by atoms with E-state index in [2.05, 4.69) is 10.6 Å². The van der Waals surface area contributed by atoms with Gasteiger partial charge in [0.05, 0.1) is 6.54 Å². The predicted molar refractivity (Wildman–Crippen MR) is 89.3 cm³/mol. The maximum absolute atomic E-state index is 5.93. The van der Waals surface area contributed by atoms with Gasteiger partial charge in [0.15, 0.2) is 16.6 Å². The van der Waals surface area contributed by atoms with E-state index >= 15 is 0 Å². The quantitative estimate of drug-likeness (QED) is 0.838. The van der Waals surface area contributed by atoms with Crippen molar-refractivity contribution >= 4 is 17.3 Å². The molecule has 22 heavy (non-hydrogen) atoms. The van der Waals surface area contributed by atoms with Gasteiger partial charge in [-0.3, -0.25) is 0 Å². The van der Waals surface area contributed by atoms with Crippen molar-refractivity contribution < 1.29 is 9.47 Å². The smallest absolute Gasteiger partial charge is 0.166 e. The summed E-state index contributed by atoms with van der Waals surface area (Å²) >= 11 is 5.43. The largest absolute Gasteiger partial charge is 0.486 e. The van der Waals surface area contributed by atoms with Crippen molar-refractivity contribution in [1.82, 2.24) is 10.6 Å². The Bertz CT molecular complexity index is 565. The van der Waals surface area contributed by atoms with Gasteiger partial charge in [-0.25, -0.2) is 0 Å². The minimum atomic E-state index is -0.00493. The predicted octanol–water partition coefficient (Wildman–Crippen LogP) is 2.48. The Morgan fingerprint density at radius 3 is 2.82 bits per heavy atom. The topological polar surface area (TPSA) is 42.5 Å². The van der Waals surface area contributed by atoms with Crippen LogP contribution >= 0.6 is 12.2 Å². The highest BCUT2D eigenvalue weighted by Crippen LogP contribution is 2.44. The molecule has 0 radical (unpaired) electrons. The molecule has 4 nitrogen and oxygen atoms in total. The van der Waals surface area contributed by atoms with Gasteiger partial charge >= 0.3 is 0 Å². The molecule has 0 unspecified atom stereocenters. The zero-order chi connectivity index (χ0) is 14.9. The third-order valence-electron chi connectivity index (χ3n) is 5.11. The molecule has 1 heterocycles. The van der Waals surface area contributed by atoms with E-state index in [0.29, 0.717) is 19.2 Å². The van der Waals surface area contributed by atoms with Crippen LogP contribution in [0.3, 0.4) is 0 Å². The summed E-state index contributed by atoms with van der Waals surface area (Å²) in [6.45, 7) is 1.22. The molecule has 2 N–H and O–H groups in total. The van der Waals surface area contributed by atoms with Crippen LogP contribution in [0.15, 0.2) is 24.3 Å². The molecule has 4 rings (SSSR count). The van der Waals surface area contributed by atoms with Crippen molar-refractivity contribution in [2.24, 2.45) is 11.8 Å². The summed E-state index contributed by atoms with van der Waals surface area (Å²) in [5, 5.41) is 7.53. The maximum Gasteiger partial charge on any atom is 0.166 e. The van der Waals surface area contributed by atoms with Crippen LogP contribution < -0.4 is 20.1 Å². The van der Waals surface area contributed by atoms with Crippen LogP contribution in [0.4, 0.5) is 0 Å². The Balaban J connectivity index is 1.24. The SMILES string of the molecule is S=C(NC[C@@H]1COc2ccccc2O1)N[C@H]1C[C@H]2CC[C@H]1C2. The zero-order valence-corrected chi connectivity index (χ0v) is 13.4. The molecule has 1 aliphatic heterocycles. The first-order valence-corrected chi connectivity index (χ1v) is 8.61. The average Bonchev–Trinajstić information content (AvgIpc) is 3.15. The molecule has 0 saturated heterocycles. The lowest BCUT2D eigenvalue weighted by Gasteiger charge is -2.28. The van der Waals surface area contributed by atoms with Gasteiger partial charge in [-0.1, -0.05) is 18.6 Å². The van der Waals surface area contributed by atoms with E-state index in [-0.39, 0.29) is 6.10 Å². The second-order valence-electron chi connectivity index (χ2n) is 6.63. The number of hydrogen-bond acceptors (Lipinski definition) is 3. The van der Waals surface area contributed by atoms with E-state index in [9.17, 15) is 0 Å². The Morgan fingerprint density at radius 1 is 1.18 bits per heavy atom. The zero-order valence-electron chi connectivity index (χ0n) is 12.6. The summed E-state index contributed by atoms with van der Waals surface area (Å²) in [4.78, 5) is 0. The minimum absolute atomic E-state index is 0.00493. The number of thiocarbonyl (C=S) groups is 1. The molecule has 0 spiro atoms. The Labute approximate surface area is 136 Å². The molecular weight excluding hydrogens is 296 g/mol. The lowest BCUT2D eigenvalue weighted by Crippen LogP contribution is -2.48. The van der Waals surface area contributed by atoms with Crippen molar-refractivity contribution in [3.8, 4) is 11.5 Å². The van der Waals surface area contributed by atoms with Gasteiger partial charge in [0.25, 0.3) is 0 Å². The number of rotatable bonds is 3. The molecule has 5 heteroatoms. The summed E-state index contributed by atoms with van der Waals surface area (Å²) in [6.07, 6.45) is 5.44. The van der Waals surface area contributed by atoms with Crippen molar-refractivity contribution in [3.63, 3.8) is 0 Å². The summed E-state index contributed by atoms with van der Waals surface area (Å²) in [5.74, 6) is 3.39. The Morgan fingerprint density at radius 2 is 2.05 bits per heavy atom. The second-order valence-corrected chi connectivity index (χ2v) is 7.04. The lowest BCUT2D eigenvalue weighted by atomic mass is 9.96. The first-order chi connectivity index (χ1) is 10.8. The van der Waals surface area contributed by atoms with Crippen LogP contribution in [0.25, 0.3) is 0 Å². The van der Waals surface area contributed by atoms with Crippen LogP contribution in [0, 0.1) is 11.8 Å². The fourth-order valence-electron chi connectivity index (χ4n) is 4.01. The third-order valence-corrected chi connectivity index (χ3v) is 5.37. The normalized spacial score (nSPS) is 31.8. The molecule has 0 amide bonds. The summed E-state index contributed by atoms with van der Waals surface area (Å²) in [6, 6.07) is 8.35. The molecule has 0 aromatic heterocycles. The van der Waals surface area contributed by atoms with Crippen LogP contribution in [0.1, 0.15) is 25.7 Å². The van der Waals surface area contributed by atoms with Crippen molar-refractivity contribution in [1.29, 1.82) is 0 Å². The van der Waals surface area contributed by atoms with Crippen LogP contribution in [-0.2, 0) is 0 Å². The van der Waals surface area contributed by atoms with Gasteiger partial charge in [0.2, 0.25) is 0 Å². The molecular formula is C17H22N2O2S. The summed E-state index contributed by atoms with van der Waals surface area (Å²) < 4.78 is 11.6. The fourth-order valence-corrected chi connectivity index (χ4v) is 4.25. The van der Waals surface area contributed by atoms with E-state index in [4.69, 9.17) is 21.7 Å². The van der Waals surface area contributed by atoms with Gasteiger partial charge in [0.1, 0.15) is 12.7 Å². The van der Waals surface area contributed by atoms with Crippen LogP contribution in [0.5, 0.6) is 11.5 Å². The number of nitrogens with one attached hydrogen (secondary N) is 2. The first kappa shape index (κ1) is 14.1. The van der Waals surface area contributed by atoms with Gasteiger partial charge in [-0.2, -0.15) is 0 Å². The highest BCUT2D eigenvalue weighted by Gasteiger charge is 2.39. The van der Waals surface area contributed by atoms with Gasteiger partial charge in [0, 0.05) is 6.04 Å². The number of ether oxygens (including phenoxy) is 2. The standard InChI is InChI=1S/C17H22N2O2S/c22-17(19-14-8-11-5-6-12(14)7-11)18-9-13-10-20-15-3-1-2-4-16(15)21-13/h1-4,11-14H,5-10H2,(H2,18,19,22)/t11-,12-,13+,14-/m0/s1. The summed E-state index contributed by atoms with van der Waals surface area (Å²) in [5.41, 5.74) is 0. The molecule has 118 valence electrons. The monoisotopic (exact) mass is 318 g/mol. The lowest BCUT2D eigenvalue weighted by molar-refractivity contribution is 0.0937.